The van der Waals surface area contributed by atoms with E-state index >= 15 is 0 Å². The van der Waals surface area contributed by atoms with Crippen LogP contribution >= 0.6 is 0 Å². The number of aromatic carboxylic acids is 1. The molecule has 2 rings (SSSR count). The molecule has 0 unspecified atom stereocenters. The molecule has 2 N–H and O–H groups in total. The summed E-state index contributed by atoms with van der Waals surface area (Å²) in [7, 11) is 0. The zero-order chi connectivity index (χ0) is 13.8. The molecule has 0 saturated heterocycles. The lowest BCUT2D eigenvalue weighted by Gasteiger charge is -2.10. The number of hydrogen-bond acceptors (Lipinski definition) is 3. The lowest BCUT2D eigenvalue weighted by atomic mass is 10.2. The van der Waals surface area contributed by atoms with Crippen LogP contribution in [0, 0.1) is 6.92 Å². The van der Waals surface area contributed by atoms with Crippen LogP contribution in [-0.2, 0) is 6.61 Å². The number of aromatic nitrogens is 1. The Labute approximate surface area is 109 Å². The molecular formula is C14H13NO4. The van der Waals surface area contributed by atoms with Gasteiger partial charge in [0.25, 0.3) is 5.56 Å². The summed E-state index contributed by atoms with van der Waals surface area (Å²) < 4.78 is 5.45. The fourth-order valence-corrected chi connectivity index (χ4v) is 1.77. The number of aromatic amines is 1. The summed E-state index contributed by atoms with van der Waals surface area (Å²) >= 11 is 0. The molecule has 1 heterocycles. The lowest BCUT2D eigenvalue weighted by Crippen LogP contribution is -2.14. The summed E-state index contributed by atoms with van der Waals surface area (Å²) in [4.78, 5) is 25.0. The monoisotopic (exact) mass is 259 g/mol. The zero-order valence-electron chi connectivity index (χ0n) is 10.3. The van der Waals surface area contributed by atoms with Gasteiger partial charge in [0.1, 0.15) is 17.9 Å². The number of nitrogens with one attached hydrogen (secondary N) is 1. The first-order valence-corrected chi connectivity index (χ1v) is 5.72. The number of H-pyrrole nitrogens is 1. The summed E-state index contributed by atoms with van der Waals surface area (Å²) in [6.45, 7) is 1.74. The highest BCUT2D eigenvalue weighted by atomic mass is 16.5. The predicted molar refractivity (Wildman–Crippen MR) is 69.5 cm³/mol. The maximum absolute atomic E-state index is 11.4. The number of carboxylic acid groups (broad SMARTS) is 1. The first-order valence-electron chi connectivity index (χ1n) is 5.72. The Kier molecular flexibility index (Phi) is 3.66. The fraction of sp³-hybridized carbons (Fsp3) is 0.143. The van der Waals surface area contributed by atoms with Crippen molar-refractivity contribution in [2.24, 2.45) is 0 Å². The number of benzene rings is 1. The lowest BCUT2D eigenvalue weighted by molar-refractivity contribution is 0.0690. The van der Waals surface area contributed by atoms with Gasteiger partial charge in [-0.3, -0.25) is 4.79 Å². The van der Waals surface area contributed by atoms with E-state index in [0.29, 0.717) is 0 Å². The van der Waals surface area contributed by atoms with Gasteiger partial charge in [-0.05, 0) is 12.5 Å². The van der Waals surface area contributed by atoms with Gasteiger partial charge in [0, 0.05) is 11.8 Å². The second kappa shape index (κ2) is 5.39. The maximum Gasteiger partial charge on any atom is 0.341 e. The molecule has 2 aromatic rings. The number of hydrogen-bond donors (Lipinski definition) is 2. The predicted octanol–water partition coefficient (Wildman–Crippen LogP) is 1.96. The highest BCUT2D eigenvalue weighted by Crippen LogP contribution is 2.19. The molecular weight excluding hydrogens is 246 g/mol. The highest BCUT2D eigenvalue weighted by Gasteiger charge is 2.16. The SMILES string of the molecule is Cc1[nH]c(=O)cc(OCc2ccccc2)c1C(=O)O. The molecule has 0 saturated carbocycles. The van der Waals surface area contributed by atoms with Crippen LogP contribution in [0.25, 0.3) is 0 Å². The van der Waals surface area contributed by atoms with Gasteiger partial charge in [-0.1, -0.05) is 30.3 Å². The molecule has 19 heavy (non-hydrogen) atoms. The van der Waals surface area contributed by atoms with E-state index in [0.717, 1.165) is 11.6 Å². The quantitative estimate of drug-likeness (QED) is 0.879. The Hall–Kier alpha value is -2.56. The minimum absolute atomic E-state index is 0.0180. The summed E-state index contributed by atoms with van der Waals surface area (Å²) in [5, 5.41) is 9.13. The fourth-order valence-electron chi connectivity index (χ4n) is 1.77. The number of carboxylic acids is 1. The van der Waals surface area contributed by atoms with Gasteiger partial charge in [0.2, 0.25) is 0 Å². The molecule has 5 heteroatoms. The normalized spacial score (nSPS) is 10.2. The van der Waals surface area contributed by atoms with Crippen LogP contribution < -0.4 is 10.3 Å². The van der Waals surface area contributed by atoms with E-state index in [1.807, 2.05) is 30.3 Å². The van der Waals surface area contributed by atoms with Crippen LogP contribution in [0.5, 0.6) is 5.75 Å². The van der Waals surface area contributed by atoms with Gasteiger partial charge in [0.05, 0.1) is 0 Å². The van der Waals surface area contributed by atoms with Crippen molar-refractivity contribution in [2.75, 3.05) is 0 Å². The van der Waals surface area contributed by atoms with Gasteiger partial charge in [-0.15, -0.1) is 0 Å². The first-order chi connectivity index (χ1) is 9.08. The number of carbonyl (C=O) groups is 1. The minimum atomic E-state index is -1.13. The number of ether oxygens (including phenoxy) is 1. The third-order valence-electron chi connectivity index (χ3n) is 2.65. The van der Waals surface area contributed by atoms with E-state index in [1.165, 1.54) is 6.92 Å². The van der Waals surface area contributed by atoms with Crippen molar-refractivity contribution in [2.45, 2.75) is 13.5 Å². The molecule has 0 atom stereocenters. The highest BCUT2D eigenvalue weighted by molar-refractivity contribution is 5.91. The Bertz CT molecular complexity index is 646. The van der Waals surface area contributed by atoms with Crippen molar-refractivity contribution in [3.8, 4) is 5.75 Å². The zero-order valence-corrected chi connectivity index (χ0v) is 10.3. The van der Waals surface area contributed by atoms with E-state index in [-0.39, 0.29) is 29.2 Å². The van der Waals surface area contributed by atoms with Crippen LogP contribution in [0.3, 0.4) is 0 Å². The number of pyridine rings is 1. The molecule has 0 aliphatic heterocycles. The Morgan fingerprint density at radius 3 is 2.63 bits per heavy atom. The molecule has 0 radical (unpaired) electrons. The molecule has 0 amide bonds. The van der Waals surface area contributed by atoms with Gasteiger partial charge in [-0.25, -0.2) is 4.79 Å². The number of rotatable bonds is 4. The van der Waals surface area contributed by atoms with Crippen molar-refractivity contribution in [3.05, 3.63) is 63.6 Å². The third kappa shape index (κ3) is 3.01. The molecule has 0 aliphatic rings. The van der Waals surface area contributed by atoms with Crippen LogP contribution in [0.2, 0.25) is 0 Å². The van der Waals surface area contributed by atoms with Crippen LogP contribution in [0.4, 0.5) is 0 Å². The van der Waals surface area contributed by atoms with Gasteiger partial charge >= 0.3 is 5.97 Å². The van der Waals surface area contributed by atoms with Crippen molar-refractivity contribution in [1.29, 1.82) is 0 Å². The second-order valence-electron chi connectivity index (χ2n) is 4.08. The largest absolute Gasteiger partial charge is 0.488 e. The molecule has 5 nitrogen and oxygen atoms in total. The molecule has 1 aromatic carbocycles. The van der Waals surface area contributed by atoms with Gasteiger partial charge in [0.15, 0.2) is 0 Å². The summed E-state index contributed by atoms with van der Waals surface area (Å²) in [5.74, 6) is -1.05. The van der Waals surface area contributed by atoms with E-state index in [4.69, 9.17) is 9.84 Å². The van der Waals surface area contributed by atoms with Gasteiger partial charge in [-0.2, -0.15) is 0 Å². The molecule has 1 aromatic heterocycles. The van der Waals surface area contributed by atoms with Crippen LogP contribution in [0.1, 0.15) is 21.6 Å². The van der Waals surface area contributed by atoms with E-state index in [9.17, 15) is 9.59 Å². The van der Waals surface area contributed by atoms with Crippen molar-refractivity contribution >= 4 is 5.97 Å². The van der Waals surface area contributed by atoms with Crippen LogP contribution in [-0.4, -0.2) is 16.1 Å². The number of aryl methyl sites for hydroxylation is 1. The molecule has 0 bridgehead atoms. The van der Waals surface area contributed by atoms with E-state index in [1.54, 1.807) is 0 Å². The van der Waals surface area contributed by atoms with Crippen molar-refractivity contribution < 1.29 is 14.6 Å². The molecule has 0 aliphatic carbocycles. The van der Waals surface area contributed by atoms with Gasteiger partial charge < -0.3 is 14.8 Å². The first kappa shape index (κ1) is 12.9. The molecule has 0 spiro atoms. The summed E-state index contributed by atoms with van der Waals surface area (Å²) in [6.07, 6.45) is 0. The molecule has 0 fully saturated rings. The Morgan fingerprint density at radius 1 is 1.32 bits per heavy atom. The van der Waals surface area contributed by atoms with E-state index < -0.39 is 5.97 Å². The smallest absolute Gasteiger partial charge is 0.341 e. The Morgan fingerprint density at radius 2 is 2.00 bits per heavy atom. The molecule has 98 valence electrons. The topological polar surface area (TPSA) is 79.4 Å². The van der Waals surface area contributed by atoms with Crippen molar-refractivity contribution in [1.82, 2.24) is 4.98 Å². The van der Waals surface area contributed by atoms with Crippen LogP contribution in [0.15, 0.2) is 41.2 Å². The second-order valence-corrected chi connectivity index (χ2v) is 4.08. The van der Waals surface area contributed by atoms with E-state index in [2.05, 4.69) is 4.98 Å². The summed E-state index contributed by atoms with van der Waals surface area (Å²) in [5.41, 5.74) is 0.779. The Balaban J connectivity index is 2.29. The standard InChI is InChI=1S/C14H13NO4/c1-9-13(14(17)18)11(7-12(16)15-9)19-8-10-5-3-2-4-6-10/h2-7H,8H2,1H3,(H,15,16)(H,17,18). The maximum atomic E-state index is 11.4. The average Bonchev–Trinajstić information content (AvgIpc) is 2.36. The average molecular weight is 259 g/mol. The summed E-state index contributed by atoms with van der Waals surface area (Å²) in [6, 6.07) is 10.5. The van der Waals surface area contributed by atoms with Crippen molar-refractivity contribution in [3.63, 3.8) is 0 Å². The third-order valence-corrected chi connectivity index (χ3v) is 2.65. The minimum Gasteiger partial charge on any atom is -0.488 e.